The van der Waals surface area contributed by atoms with E-state index in [0.717, 1.165) is 23.7 Å². The number of methoxy groups -OCH3 is 1. The van der Waals surface area contributed by atoms with Crippen LogP contribution in [0.15, 0.2) is 24.4 Å². The highest BCUT2D eigenvalue weighted by Crippen LogP contribution is 2.34. The molecule has 11 heteroatoms. The van der Waals surface area contributed by atoms with E-state index in [2.05, 4.69) is 34.1 Å². The van der Waals surface area contributed by atoms with Gasteiger partial charge in [-0.15, -0.1) is 0 Å². The fourth-order valence-electron chi connectivity index (χ4n) is 5.67. The number of aromatic nitrogens is 4. The molecule has 40 heavy (non-hydrogen) atoms. The average molecular weight is 553 g/mol. The van der Waals surface area contributed by atoms with E-state index in [1.807, 2.05) is 49.5 Å². The molecule has 0 saturated carbocycles. The van der Waals surface area contributed by atoms with E-state index in [4.69, 9.17) is 14.2 Å². The van der Waals surface area contributed by atoms with Crippen molar-refractivity contribution >= 4 is 22.8 Å². The predicted molar refractivity (Wildman–Crippen MR) is 151 cm³/mol. The number of carbonyl (C=O) groups is 1. The Labute approximate surface area is 235 Å². The fourth-order valence-corrected chi connectivity index (χ4v) is 5.67. The minimum Gasteiger partial charge on any atom is -0.467 e. The van der Waals surface area contributed by atoms with Crippen LogP contribution in [0.4, 0.5) is 10.6 Å². The number of ether oxygens (including phenoxy) is 3. The third-order valence-corrected chi connectivity index (χ3v) is 7.76. The Balaban J connectivity index is 1.44. The highest BCUT2D eigenvalue weighted by atomic mass is 16.6. The number of morpholine rings is 1. The van der Waals surface area contributed by atoms with Crippen LogP contribution < -0.4 is 9.64 Å². The van der Waals surface area contributed by atoms with Gasteiger partial charge in [0.15, 0.2) is 5.82 Å². The molecule has 3 aromatic rings. The molecule has 2 unspecified atom stereocenters. The van der Waals surface area contributed by atoms with Crippen LogP contribution in [0.1, 0.15) is 57.6 Å². The first-order valence-corrected chi connectivity index (χ1v) is 14.0. The quantitative estimate of drug-likeness (QED) is 0.504. The highest BCUT2D eigenvalue weighted by Gasteiger charge is 2.31. The zero-order valence-corrected chi connectivity index (χ0v) is 24.3. The van der Waals surface area contributed by atoms with E-state index in [1.165, 1.54) is 11.1 Å². The number of carbonyl (C=O) groups excluding carboxylic acids is 1. The van der Waals surface area contributed by atoms with Gasteiger partial charge in [-0.1, -0.05) is 0 Å². The summed E-state index contributed by atoms with van der Waals surface area (Å²) in [6.45, 7) is 12.2. The predicted octanol–water partition coefficient (Wildman–Crippen LogP) is 3.83. The maximum absolute atomic E-state index is 12.6. The molecule has 2 aromatic heterocycles. The molecule has 0 spiro atoms. The molecule has 216 valence electrons. The average Bonchev–Trinajstić information content (AvgIpc) is 3.34. The van der Waals surface area contributed by atoms with E-state index in [9.17, 15) is 9.90 Å². The lowest BCUT2D eigenvalue weighted by Gasteiger charge is -2.39. The van der Waals surface area contributed by atoms with Gasteiger partial charge < -0.3 is 29.1 Å². The lowest BCUT2D eigenvalue weighted by molar-refractivity contribution is 0.00752. The van der Waals surface area contributed by atoms with E-state index >= 15 is 0 Å². The van der Waals surface area contributed by atoms with Gasteiger partial charge in [0.05, 0.1) is 44.2 Å². The number of nitrogens with zero attached hydrogens (tertiary/aromatic N) is 6. The number of anilines is 1. The van der Waals surface area contributed by atoms with E-state index in [0.29, 0.717) is 43.8 Å². The van der Waals surface area contributed by atoms with Gasteiger partial charge in [0.1, 0.15) is 11.4 Å². The first-order chi connectivity index (χ1) is 19.1. The van der Waals surface area contributed by atoms with Gasteiger partial charge in [0.25, 0.3) is 0 Å². The summed E-state index contributed by atoms with van der Waals surface area (Å²) >= 11 is 0. The van der Waals surface area contributed by atoms with Crippen molar-refractivity contribution in [3.8, 4) is 11.8 Å². The molecule has 1 amide bonds. The van der Waals surface area contributed by atoms with Crippen LogP contribution in [0.2, 0.25) is 0 Å². The SMILES string of the molecule is COc1nc(N2CCOC(C)C2CO)cc(-n2ncc3cc(C)c(C4CCN(C(=O)OC(C)(C)C)CC4)cc32)n1. The molecule has 4 heterocycles. The van der Waals surface area contributed by atoms with Crippen molar-refractivity contribution in [3.63, 3.8) is 0 Å². The summed E-state index contributed by atoms with van der Waals surface area (Å²) in [5.74, 6) is 1.56. The number of hydrogen-bond acceptors (Lipinski definition) is 9. The summed E-state index contributed by atoms with van der Waals surface area (Å²) in [6, 6.07) is 6.26. The smallest absolute Gasteiger partial charge is 0.410 e. The third-order valence-electron chi connectivity index (χ3n) is 7.76. The summed E-state index contributed by atoms with van der Waals surface area (Å²) < 4.78 is 18.6. The second kappa shape index (κ2) is 11.2. The largest absolute Gasteiger partial charge is 0.467 e. The van der Waals surface area contributed by atoms with Crippen LogP contribution in [0, 0.1) is 6.92 Å². The highest BCUT2D eigenvalue weighted by molar-refractivity contribution is 5.82. The van der Waals surface area contributed by atoms with Crippen LogP contribution in [-0.4, -0.2) is 93.6 Å². The van der Waals surface area contributed by atoms with Crippen LogP contribution in [0.5, 0.6) is 6.01 Å². The zero-order chi connectivity index (χ0) is 28.6. The van der Waals surface area contributed by atoms with Crippen molar-refractivity contribution in [3.05, 3.63) is 35.5 Å². The number of piperidine rings is 1. The summed E-state index contributed by atoms with van der Waals surface area (Å²) in [6.07, 6.45) is 3.19. The topological polar surface area (TPSA) is 115 Å². The standard InChI is InChI=1S/C29H40N6O5/c1-18-13-21-16-30-35(23(21)14-22(18)20-7-9-33(10-8-20)28(37)40-29(3,4)5)26-15-25(31-27(32-26)38-6)34-11-12-39-19(2)24(34)17-36/h13-16,19-20,24,36H,7-12,17H2,1-6H3. The number of rotatable bonds is 5. The maximum atomic E-state index is 12.6. The van der Waals surface area contributed by atoms with Gasteiger partial charge in [0.2, 0.25) is 0 Å². The minimum atomic E-state index is -0.503. The molecule has 0 aliphatic carbocycles. The summed E-state index contributed by atoms with van der Waals surface area (Å²) in [5.41, 5.74) is 2.89. The van der Waals surface area contributed by atoms with Crippen molar-refractivity contribution < 1.29 is 24.1 Å². The van der Waals surface area contributed by atoms with Crippen molar-refractivity contribution in [2.24, 2.45) is 0 Å². The fraction of sp³-hybridized carbons (Fsp3) is 0.586. The molecule has 11 nitrogen and oxygen atoms in total. The Hall–Kier alpha value is -3.44. The van der Waals surface area contributed by atoms with Gasteiger partial charge in [0, 0.05) is 31.1 Å². The monoisotopic (exact) mass is 552 g/mol. The number of likely N-dealkylation sites (tertiary alicyclic amines) is 1. The normalized spacial score (nSPS) is 20.7. The van der Waals surface area contributed by atoms with Gasteiger partial charge in [-0.2, -0.15) is 15.1 Å². The Morgan fingerprint density at radius 1 is 1.12 bits per heavy atom. The number of aliphatic hydroxyl groups excluding tert-OH is 1. The van der Waals surface area contributed by atoms with Gasteiger partial charge in [-0.3, -0.25) is 0 Å². The second-order valence-corrected chi connectivity index (χ2v) is 11.7. The van der Waals surface area contributed by atoms with Crippen LogP contribution in [0.25, 0.3) is 16.7 Å². The Bertz CT molecular complexity index is 1360. The number of benzene rings is 1. The molecule has 1 N–H and O–H groups in total. The lowest BCUT2D eigenvalue weighted by Crippen LogP contribution is -2.52. The molecule has 2 aliphatic rings. The van der Waals surface area contributed by atoms with Gasteiger partial charge >= 0.3 is 12.1 Å². The Kier molecular flexibility index (Phi) is 7.87. The van der Waals surface area contributed by atoms with Crippen molar-refractivity contribution in [1.82, 2.24) is 24.6 Å². The molecule has 1 aromatic carbocycles. The number of aliphatic hydroxyl groups is 1. The molecule has 0 radical (unpaired) electrons. The molecule has 5 rings (SSSR count). The molecule has 2 fully saturated rings. The van der Waals surface area contributed by atoms with Crippen molar-refractivity contribution in [1.29, 1.82) is 0 Å². The zero-order valence-electron chi connectivity index (χ0n) is 24.3. The first-order valence-electron chi connectivity index (χ1n) is 14.0. The number of aryl methyl sites for hydroxylation is 1. The van der Waals surface area contributed by atoms with E-state index in [1.54, 1.807) is 12.0 Å². The van der Waals surface area contributed by atoms with E-state index < -0.39 is 5.60 Å². The molecule has 2 atom stereocenters. The molecule has 2 aliphatic heterocycles. The molecular formula is C29H40N6O5. The number of fused-ring (bicyclic) bond motifs is 1. The van der Waals surface area contributed by atoms with Crippen LogP contribution >= 0.6 is 0 Å². The summed E-state index contributed by atoms with van der Waals surface area (Å²) in [7, 11) is 1.54. The van der Waals surface area contributed by atoms with Gasteiger partial charge in [-0.25, -0.2) is 9.48 Å². The maximum Gasteiger partial charge on any atom is 0.410 e. The summed E-state index contributed by atoms with van der Waals surface area (Å²) in [5, 5.41) is 15.7. The molecule has 0 bridgehead atoms. The first kappa shape index (κ1) is 28.1. The minimum absolute atomic E-state index is 0.0527. The van der Waals surface area contributed by atoms with E-state index in [-0.39, 0.29) is 30.9 Å². The van der Waals surface area contributed by atoms with Crippen LogP contribution in [-0.2, 0) is 9.47 Å². The lowest BCUT2D eigenvalue weighted by atomic mass is 9.86. The number of amides is 1. The third kappa shape index (κ3) is 5.71. The Morgan fingerprint density at radius 3 is 2.52 bits per heavy atom. The van der Waals surface area contributed by atoms with Gasteiger partial charge in [-0.05, 0) is 76.6 Å². The van der Waals surface area contributed by atoms with Crippen molar-refractivity contribution in [2.75, 3.05) is 44.9 Å². The second-order valence-electron chi connectivity index (χ2n) is 11.7. The Morgan fingerprint density at radius 2 is 1.85 bits per heavy atom. The van der Waals surface area contributed by atoms with Crippen molar-refractivity contribution in [2.45, 2.75) is 71.1 Å². The van der Waals surface area contributed by atoms with Crippen LogP contribution in [0.3, 0.4) is 0 Å². The molecular weight excluding hydrogens is 512 g/mol. The summed E-state index contributed by atoms with van der Waals surface area (Å²) in [4.78, 5) is 25.6. The molecule has 2 saturated heterocycles. The number of hydrogen-bond donors (Lipinski definition) is 1.